The summed E-state index contributed by atoms with van der Waals surface area (Å²) in [4.78, 5) is 11.5. The number of hydrogen-bond donors (Lipinski definition) is 0. The molecule has 66 valence electrons. The Morgan fingerprint density at radius 1 is 1.50 bits per heavy atom. The van der Waals surface area contributed by atoms with Crippen molar-refractivity contribution in [3.05, 3.63) is 0 Å². The van der Waals surface area contributed by atoms with Crippen molar-refractivity contribution < 1.29 is 9.53 Å². The molecule has 0 aromatic heterocycles. The van der Waals surface area contributed by atoms with Crippen molar-refractivity contribution in [3.63, 3.8) is 0 Å². The van der Waals surface area contributed by atoms with Crippen LogP contribution in [-0.2, 0) is 9.53 Å². The van der Waals surface area contributed by atoms with Crippen LogP contribution in [0.5, 0.6) is 0 Å². The van der Waals surface area contributed by atoms with Gasteiger partial charge in [-0.3, -0.25) is 4.79 Å². The maximum atomic E-state index is 11.5. The van der Waals surface area contributed by atoms with Gasteiger partial charge in [-0.15, -0.1) is 0 Å². The molecule has 0 unspecified atom stereocenters. The Hall–Kier alpha value is -0.530. The lowest BCUT2D eigenvalue weighted by molar-refractivity contribution is -0.147. The molecule has 2 bridgehead atoms. The normalized spacial score (nSPS) is 55.8. The molecule has 1 aliphatic heterocycles. The number of hydrogen-bond acceptors (Lipinski definition) is 2. The summed E-state index contributed by atoms with van der Waals surface area (Å²) in [5.74, 6) is 2.08. The van der Waals surface area contributed by atoms with E-state index in [0.29, 0.717) is 18.4 Å². The molecule has 0 aromatic carbocycles. The standard InChI is InChI=1S/C10H14O2/c1-10-7-3-2-6(4-7)8(10)5-12-9(10)11/h6-8H,2-5H2,1H3/t6-,7+,8+,10-/m1/s1. The van der Waals surface area contributed by atoms with Gasteiger partial charge in [0.2, 0.25) is 0 Å². The highest BCUT2D eigenvalue weighted by Gasteiger charge is 2.63. The molecular formula is C10H14O2. The van der Waals surface area contributed by atoms with Crippen LogP contribution in [0.15, 0.2) is 0 Å². The van der Waals surface area contributed by atoms with E-state index in [9.17, 15) is 4.79 Å². The molecule has 2 nitrogen and oxygen atoms in total. The Labute approximate surface area is 72.3 Å². The molecule has 4 atom stereocenters. The van der Waals surface area contributed by atoms with Crippen LogP contribution in [0.2, 0.25) is 0 Å². The van der Waals surface area contributed by atoms with Crippen LogP contribution in [-0.4, -0.2) is 12.6 Å². The van der Waals surface area contributed by atoms with Crippen LogP contribution in [0.1, 0.15) is 26.2 Å². The van der Waals surface area contributed by atoms with Gasteiger partial charge in [-0.05, 0) is 38.0 Å². The van der Waals surface area contributed by atoms with Gasteiger partial charge in [-0.1, -0.05) is 0 Å². The lowest BCUT2D eigenvalue weighted by Gasteiger charge is -2.30. The Balaban J connectivity index is 2.06. The van der Waals surface area contributed by atoms with Gasteiger partial charge in [0.15, 0.2) is 0 Å². The van der Waals surface area contributed by atoms with E-state index in [1.54, 1.807) is 0 Å². The minimum atomic E-state index is -0.0804. The predicted molar refractivity (Wildman–Crippen MR) is 43.4 cm³/mol. The number of carbonyl (C=O) groups is 1. The van der Waals surface area contributed by atoms with Crippen molar-refractivity contribution in [1.29, 1.82) is 0 Å². The van der Waals surface area contributed by atoms with Crippen molar-refractivity contribution in [2.75, 3.05) is 6.61 Å². The van der Waals surface area contributed by atoms with E-state index in [-0.39, 0.29) is 11.4 Å². The number of fused-ring (bicyclic) bond motifs is 5. The quantitative estimate of drug-likeness (QED) is 0.511. The molecule has 0 radical (unpaired) electrons. The van der Waals surface area contributed by atoms with Gasteiger partial charge in [0.05, 0.1) is 12.0 Å². The van der Waals surface area contributed by atoms with Crippen molar-refractivity contribution >= 4 is 5.97 Å². The van der Waals surface area contributed by atoms with Crippen LogP contribution < -0.4 is 0 Å². The summed E-state index contributed by atoms with van der Waals surface area (Å²) in [6.07, 6.45) is 3.88. The summed E-state index contributed by atoms with van der Waals surface area (Å²) in [5.41, 5.74) is -0.0804. The summed E-state index contributed by atoms with van der Waals surface area (Å²) >= 11 is 0. The molecule has 2 heteroatoms. The van der Waals surface area contributed by atoms with E-state index in [4.69, 9.17) is 4.74 Å². The topological polar surface area (TPSA) is 26.3 Å². The molecule has 3 rings (SSSR count). The van der Waals surface area contributed by atoms with Gasteiger partial charge in [-0.2, -0.15) is 0 Å². The third-order valence-electron chi connectivity index (χ3n) is 4.49. The van der Waals surface area contributed by atoms with E-state index >= 15 is 0 Å². The first-order valence-electron chi connectivity index (χ1n) is 4.90. The Morgan fingerprint density at radius 2 is 2.33 bits per heavy atom. The molecule has 1 saturated heterocycles. The fraction of sp³-hybridized carbons (Fsp3) is 0.900. The second-order valence-corrected chi connectivity index (χ2v) is 4.76. The summed E-state index contributed by atoms with van der Waals surface area (Å²) in [5, 5.41) is 0. The number of rotatable bonds is 0. The molecular weight excluding hydrogens is 152 g/mol. The minimum absolute atomic E-state index is 0.0804. The monoisotopic (exact) mass is 166 g/mol. The zero-order valence-corrected chi connectivity index (χ0v) is 7.38. The van der Waals surface area contributed by atoms with Crippen LogP contribution in [0.4, 0.5) is 0 Å². The van der Waals surface area contributed by atoms with E-state index < -0.39 is 0 Å². The van der Waals surface area contributed by atoms with E-state index in [2.05, 4.69) is 6.92 Å². The second kappa shape index (κ2) is 1.86. The molecule has 0 aromatic rings. The fourth-order valence-electron chi connectivity index (χ4n) is 3.67. The molecule has 3 fully saturated rings. The van der Waals surface area contributed by atoms with E-state index in [1.165, 1.54) is 19.3 Å². The molecule has 0 spiro atoms. The van der Waals surface area contributed by atoms with Gasteiger partial charge in [0.1, 0.15) is 0 Å². The SMILES string of the molecule is C[C@]12C(=O)OC[C@H]1[C@@H]1CC[C@H]2C1. The smallest absolute Gasteiger partial charge is 0.312 e. The Kier molecular flexibility index (Phi) is 1.07. The Morgan fingerprint density at radius 3 is 3.08 bits per heavy atom. The van der Waals surface area contributed by atoms with Crippen molar-refractivity contribution in [1.82, 2.24) is 0 Å². The first kappa shape index (κ1) is 6.93. The highest BCUT2D eigenvalue weighted by Crippen LogP contribution is 2.62. The van der Waals surface area contributed by atoms with Crippen LogP contribution in [0, 0.1) is 23.2 Å². The van der Waals surface area contributed by atoms with Gasteiger partial charge in [0.25, 0.3) is 0 Å². The summed E-state index contributed by atoms with van der Waals surface area (Å²) in [6, 6.07) is 0. The number of carbonyl (C=O) groups excluding carboxylic acids is 1. The van der Waals surface area contributed by atoms with Gasteiger partial charge in [0, 0.05) is 5.92 Å². The molecule has 3 aliphatic rings. The number of esters is 1. The number of ether oxygens (including phenoxy) is 1. The predicted octanol–water partition coefficient (Wildman–Crippen LogP) is 1.60. The number of cyclic esters (lactones) is 1. The average Bonchev–Trinajstić information content (AvgIpc) is 2.65. The maximum absolute atomic E-state index is 11.5. The van der Waals surface area contributed by atoms with Gasteiger partial charge < -0.3 is 4.74 Å². The summed E-state index contributed by atoms with van der Waals surface area (Å²) in [6.45, 7) is 2.83. The average molecular weight is 166 g/mol. The molecule has 0 amide bonds. The van der Waals surface area contributed by atoms with Gasteiger partial charge >= 0.3 is 5.97 Å². The minimum Gasteiger partial charge on any atom is -0.465 e. The highest BCUT2D eigenvalue weighted by atomic mass is 16.5. The van der Waals surface area contributed by atoms with E-state index in [0.717, 1.165) is 5.92 Å². The van der Waals surface area contributed by atoms with Crippen LogP contribution >= 0.6 is 0 Å². The molecule has 1 heterocycles. The molecule has 0 N–H and O–H groups in total. The lowest BCUT2D eigenvalue weighted by atomic mass is 9.69. The highest BCUT2D eigenvalue weighted by molar-refractivity contribution is 5.80. The first-order chi connectivity index (χ1) is 5.73. The van der Waals surface area contributed by atoms with Crippen molar-refractivity contribution in [2.24, 2.45) is 23.2 Å². The summed E-state index contributed by atoms with van der Waals surface area (Å²) < 4.78 is 5.16. The van der Waals surface area contributed by atoms with Crippen LogP contribution in [0.25, 0.3) is 0 Å². The largest absolute Gasteiger partial charge is 0.465 e. The zero-order chi connectivity index (χ0) is 8.34. The second-order valence-electron chi connectivity index (χ2n) is 4.76. The van der Waals surface area contributed by atoms with Crippen molar-refractivity contribution in [2.45, 2.75) is 26.2 Å². The fourth-order valence-corrected chi connectivity index (χ4v) is 3.67. The maximum Gasteiger partial charge on any atom is 0.312 e. The molecule has 2 saturated carbocycles. The first-order valence-corrected chi connectivity index (χ1v) is 4.90. The third kappa shape index (κ3) is 0.540. The lowest BCUT2D eigenvalue weighted by Crippen LogP contribution is -2.35. The molecule has 12 heavy (non-hydrogen) atoms. The summed E-state index contributed by atoms with van der Waals surface area (Å²) in [7, 11) is 0. The van der Waals surface area contributed by atoms with Gasteiger partial charge in [-0.25, -0.2) is 0 Å². The third-order valence-corrected chi connectivity index (χ3v) is 4.49. The zero-order valence-electron chi connectivity index (χ0n) is 7.38. The molecule has 2 aliphatic carbocycles. The van der Waals surface area contributed by atoms with E-state index in [1.807, 2.05) is 0 Å². The van der Waals surface area contributed by atoms with Crippen LogP contribution in [0.3, 0.4) is 0 Å². The Bertz CT molecular complexity index is 248. The van der Waals surface area contributed by atoms with Crippen molar-refractivity contribution in [3.8, 4) is 0 Å².